The molecule has 1 heterocycles. The van der Waals surface area contributed by atoms with E-state index in [9.17, 15) is 4.55 Å². The summed E-state index contributed by atoms with van der Waals surface area (Å²) in [5.74, 6) is 1.48. The number of nitrogens with zero attached hydrogens (tertiary/aromatic N) is 1. The van der Waals surface area contributed by atoms with Crippen LogP contribution in [-0.2, 0) is 17.8 Å². The molecule has 0 aromatic heterocycles. The standard InChI is InChI=1S/C21H32BrN2OS/c1-15(2)14-24-10-8-21(9-11-24)13-16-6-7-17(22)12-18(16)19(21)23-26(25)20(3,4)5/h6-7,12,19,23H,8-11,13-14H2,1-5H3/t19-,26-/m1/s1. The lowest BCUT2D eigenvalue weighted by molar-refractivity contribution is 0.0868. The molecule has 1 aliphatic carbocycles. The second-order valence-corrected chi connectivity index (χ2v) is 12.2. The van der Waals surface area contributed by atoms with Gasteiger partial charge in [0.15, 0.2) is 0 Å². The number of likely N-dealkylation sites (tertiary alicyclic amines) is 1. The Kier molecular flexibility index (Phi) is 6.15. The monoisotopic (exact) mass is 439 g/mol. The molecule has 0 amide bonds. The lowest BCUT2D eigenvalue weighted by Crippen LogP contribution is -2.50. The van der Waals surface area contributed by atoms with Crippen molar-refractivity contribution in [1.82, 2.24) is 9.62 Å². The molecule has 26 heavy (non-hydrogen) atoms. The first-order valence-electron chi connectivity index (χ1n) is 9.58. The van der Waals surface area contributed by atoms with E-state index in [4.69, 9.17) is 0 Å². The van der Waals surface area contributed by atoms with Crippen LogP contribution in [0.3, 0.4) is 0 Å². The summed E-state index contributed by atoms with van der Waals surface area (Å²) in [4.78, 5) is 2.57. The number of benzene rings is 1. The van der Waals surface area contributed by atoms with Crippen LogP contribution < -0.4 is 4.72 Å². The molecule has 1 aromatic rings. The van der Waals surface area contributed by atoms with Gasteiger partial charge in [0.2, 0.25) is 0 Å². The second-order valence-electron chi connectivity index (χ2n) is 9.30. The van der Waals surface area contributed by atoms with Crippen LogP contribution in [0.1, 0.15) is 64.6 Å². The van der Waals surface area contributed by atoms with Crippen LogP contribution in [-0.4, -0.2) is 33.8 Å². The van der Waals surface area contributed by atoms with Crippen molar-refractivity contribution in [3.8, 4) is 0 Å². The summed E-state index contributed by atoms with van der Waals surface area (Å²) in [5, 5.41) is 0. The van der Waals surface area contributed by atoms with Crippen LogP contribution in [0.5, 0.6) is 0 Å². The fraction of sp³-hybridized carbons (Fsp3) is 0.667. The average molecular weight is 440 g/mol. The van der Waals surface area contributed by atoms with Crippen molar-refractivity contribution in [1.29, 1.82) is 0 Å². The zero-order valence-electron chi connectivity index (χ0n) is 16.7. The summed E-state index contributed by atoms with van der Waals surface area (Å²) in [6.07, 6.45) is 3.41. The van der Waals surface area contributed by atoms with Crippen molar-refractivity contribution in [2.24, 2.45) is 5.41 Å². The minimum Gasteiger partial charge on any atom is -0.598 e. The summed E-state index contributed by atoms with van der Waals surface area (Å²) in [5.41, 5.74) is 2.94. The topological polar surface area (TPSA) is 38.3 Å². The molecule has 1 aromatic carbocycles. The highest BCUT2D eigenvalue weighted by Gasteiger charge is 2.50. The van der Waals surface area contributed by atoms with Crippen LogP contribution in [0.25, 0.3) is 0 Å². The van der Waals surface area contributed by atoms with Gasteiger partial charge in [-0.2, -0.15) is 0 Å². The van der Waals surface area contributed by atoms with Gasteiger partial charge in [-0.1, -0.05) is 35.8 Å². The van der Waals surface area contributed by atoms with E-state index >= 15 is 0 Å². The van der Waals surface area contributed by atoms with Gasteiger partial charge in [-0.15, -0.1) is 4.72 Å². The van der Waals surface area contributed by atoms with E-state index in [2.05, 4.69) is 57.6 Å². The molecule has 1 fully saturated rings. The minimum absolute atomic E-state index is 0.170. The predicted octanol–water partition coefficient (Wildman–Crippen LogP) is 4.79. The van der Waals surface area contributed by atoms with Crippen LogP contribution >= 0.6 is 15.9 Å². The van der Waals surface area contributed by atoms with Gasteiger partial charge in [0.05, 0.1) is 6.04 Å². The molecule has 1 N–H and O–H groups in total. The minimum atomic E-state index is -1.07. The SMILES string of the molecule is C[C](C)CN1CCC2(CC1)Cc1ccc(Br)cc1[C@H]2N[S@+]([O-])C(C)(C)C. The fourth-order valence-electron chi connectivity index (χ4n) is 4.35. The first-order valence-corrected chi connectivity index (χ1v) is 11.5. The smallest absolute Gasteiger partial charge is 0.136 e. The maximum atomic E-state index is 12.9. The molecule has 3 rings (SSSR count). The summed E-state index contributed by atoms with van der Waals surface area (Å²) < 4.78 is 17.3. The quantitative estimate of drug-likeness (QED) is 0.684. The van der Waals surface area contributed by atoms with Crippen LogP contribution in [0, 0.1) is 11.3 Å². The first-order chi connectivity index (χ1) is 12.1. The van der Waals surface area contributed by atoms with Gasteiger partial charge >= 0.3 is 0 Å². The zero-order chi connectivity index (χ0) is 19.1. The normalized spacial score (nSPS) is 24.2. The van der Waals surface area contributed by atoms with Crippen LogP contribution in [0.2, 0.25) is 0 Å². The molecule has 1 radical (unpaired) electrons. The molecular formula is C21H32BrN2OS. The van der Waals surface area contributed by atoms with Crippen LogP contribution in [0.15, 0.2) is 22.7 Å². The van der Waals surface area contributed by atoms with E-state index in [1.165, 1.54) is 17.0 Å². The molecule has 1 aliphatic heterocycles. The highest BCUT2D eigenvalue weighted by atomic mass is 79.9. The molecule has 0 bridgehead atoms. The van der Waals surface area contributed by atoms with Gasteiger partial charge in [-0.3, -0.25) is 0 Å². The zero-order valence-corrected chi connectivity index (χ0v) is 19.1. The first kappa shape index (κ1) is 20.7. The number of rotatable bonds is 4. The molecule has 2 aliphatic rings. The Labute approximate surface area is 170 Å². The Balaban J connectivity index is 1.85. The van der Waals surface area contributed by atoms with Gasteiger partial charge < -0.3 is 9.45 Å². The van der Waals surface area contributed by atoms with Crippen molar-refractivity contribution < 1.29 is 4.55 Å². The van der Waals surface area contributed by atoms with Gasteiger partial charge in [0.25, 0.3) is 0 Å². The van der Waals surface area contributed by atoms with Crippen LogP contribution in [0.4, 0.5) is 0 Å². The Morgan fingerprint density at radius 1 is 1.31 bits per heavy atom. The third-order valence-electron chi connectivity index (χ3n) is 5.75. The van der Waals surface area contributed by atoms with Crippen molar-refractivity contribution in [3.05, 3.63) is 39.7 Å². The summed E-state index contributed by atoms with van der Waals surface area (Å²) in [7, 11) is 0. The van der Waals surface area contributed by atoms with Crippen molar-refractivity contribution in [2.75, 3.05) is 19.6 Å². The highest BCUT2D eigenvalue weighted by molar-refractivity contribution is 9.10. The Hall–Kier alpha value is -0.0700. The Morgan fingerprint density at radius 2 is 1.96 bits per heavy atom. The fourth-order valence-corrected chi connectivity index (χ4v) is 5.67. The number of piperidine rings is 1. The molecule has 1 saturated heterocycles. The van der Waals surface area contributed by atoms with Gasteiger partial charge in [-0.05, 0) is 82.3 Å². The average Bonchev–Trinajstić information content (AvgIpc) is 2.82. The molecule has 0 unspecified atom stereocenters. The largest absolute Gasteiger partial charge is 0.598 e. The molecule has 145 valence electrons. The molecule has 3 nitrogen and oxygen atoms in total. The third kappa shape index (κ3) is 4.33. The molecule has 1 spiro atoms. The van der Waals surface area contributed by atoms with E-state index < -0.39 is 11.4 Å². The number of hydrogen-bond acceptors (Lipinski definition) is 3. The number of fused-ring (bicyclic) bond motifs is 1. The van der Waals surface area contributed by atoms with E-state index in [1.807, 2.05) is 20.8 Å². The lowest BCUT2D eigenvalue weighted by atomic mass is 9.73. The molecule has 0 saturated carbocycles. The third-order valence-corrected chi connectivity index (χ3v) is 7.80. The summed E-state index contributed by atoms with van der Waals surface area (Å²) in [6.45, 7) is 13.9. The predicted molar refractivity (Wildman–Crippen MR) is 114 cm³/mol. The van der Waals surface area contributed by atoms with E-state index in [0.29, 0.717) is 0 Å². The van der Waals surface area contributed by atoms with Crippen molar-refractivity contribution in [2.45, 2.75) is 64.7 Å². The molecule has 5 heteroatoms. The van der Waals surface area contributed by atoms with Gasteiger partial charge in [-0.25, -0.2) is 0 Å². The van der Waals surface area contributed by atoms with Gasteiger partial charge in [0.1, 0.15) is 4.75 Å². The molecular weight excluding hydrogens is 408 g/mol. The van der Waals surface area contributed by atoms with E-state index in [0.717, 1.165) is 43.4 Å². The maximum absolute atomic E-state index is 12.9. The number of hydrogen-bond donors (Lipinski definition) is 1. The highest BCUT2D eigenvalue weighted by Crippen LogP contribution is 2.53. The maximum Gasteiger partial charge on any atom is 0.136 e. The number of halogens is 1. The Morgan fingerprint density at radius 3 is 2.54 bits per heavy atom. The second kappa shape index (κ2) is 7.75. The van der Waals surface area contributed by atoms with Gasteiger partial charge in [0, 0.05) is 27.8 Å². The lowest BCUT2D eigenvalue weighted by Gasteiger charge is -2.44. The van der Waals surface area contributed by atoms with Crippen molar-refractivity contribution >= 4 is 27.3 Å². The molecule has 2 atom stereocenters. The van der Waals surface area contributed by atoms with Crippen molar-refractivity contribution in [3.63, 3.8) is 0 Å². The van der Waals surface area contributed by atoms with E-state index in [1.54, 1.807) is 0 Å². The van der Waals surface area contributed by atoms with E-state index in [-0.39, 0.29) is 16.2 Å². The number of nitrogens with one attached hydrogen (secondary N) is 1. The summed E-state index contributed by atoms with van der Waals surface area (Å²) >= 11 is 2.56. The summed E-state index contributed by atoms with van der Waals surface area (Å²) in [6, 6.07) is 6.79. The Bertz CT molecular complexity index is 635.